The summed E-state index contributed by atoms with van der Waals surface area (Å²) in [5.41, 5.74) is 2.55. The van der Waals surface area contributed by atoms with Crippen LogP contribution >= 0.6 is 0 Å². The first kappa shape index (κ1) is 26.4. The van der Waals surface area contributed by atoms with Gasteiger partial charge in [-0.05, 0) is 50.8 Å². The fourth-order valence-corrected chi connectivity index (χ4v) is 4.74. The fourth-order valence-electron chi connectivity index (χ4n) is 3.72. The third kappa shape index (κ3) is 7.89. The van der Waals surface area contributed by atoms with E-state index < -0.39 is 16.1 Å². The van der Waals surface area contributed by atoms with Gasteiger partial charge in [-0.3, -0.25) is 13.9 Å². The van der Waals surface area contributed by atoms with Gasteiger partial charge < -0.3 is 10.2 Å². The Bertz CT molecular complexity index is 1020. The molecule has 8 heteroatoms. The number of hydrogen-bond donors (Lipinski definition) is 1. The molecule has 1 atom stereocenters. The number of aryl methyl sites for hydroxylation is 1. The number of nitrogens with one attached hydrogen (secondary N) is 1. The molecule has 0 bridgehead atoms. The summed E-state index contributed by atoms with van der Waals surface area (Å²) >= 11 is 0. The molecule has 33 heavy (non-hydrogen) atoms. The summed E-state index contributed by atoms with van der Waals surface area (Å²) in [5.74, 6) is -0.362. The Morgan fingerprint density at radius 1 is 1.00 bits per heavy atom. The van der Waals surface area contributed by atoms with Crippen molar-refractivity contribution in [2.24, 2.45) is 0 Å². The van der Waals surface area contributed by atoms with E-state index in [1.807, 2.05) is 56.3 Å². The minimum Gasteiger partial charge on any atom is -0.355 e. The van der Waals surface area contributed by atoms with Crippen LogP contribution in [0.15, 0.2) is 54.6 Å². The van der Waals surface area contributed by atoms with Crippen molar-refractivity contribution in [3.8, 4) is 0 Å². The van der Waals surface area contributed by atoms with Crippen LogP contribution in [0.3, 0.4) is 0 Å². The molecule has 0 fully saturated rings. The molecule has 180 valence electrons. The molecule has 0 aromatic heterocycles. The number of amides is 2. The van der Waals surface area contributed by atoms with E-state index in [4.69, 9.17) is 0 Å². The molecule has 7 nitrogen and oxygen atoms in total. The van der Waals surface area contributed by atoms with E-state index in [2.05, 4.69) is 5.32 Å². The Morgan fingerprint density at radius 3 is 2.24 bits per heavy atom. The van der Waals surface area contributed by atoms with Crippen LogP contribution < -0.4 is 9.62 Å². The monoisotopic (exact) mass is 473 g/mol. The Balaban J connectivity index is 2.10. The molecule has 0 spiro atoms. The molecular weight excluding hydrogens is 438 g/mol. The highest BCUT2D eigenvalue weighted by Crippen LogP contribution is 2.22. The maximum absolute atomic E-state index is 13.1. The molecular formula is C25H35N3O4S. The number of likely N-dealkylation sites (N-methyl/N-ethyl adjacent to an activating group) is 1. The summed E-state index contributed by atoms with van der Waals surface area (Å²) in [6.07, 6.45) is 2.31. The van der Waals surface area contributed by atoms with E-state index in [9.17, 15) is 18.0 Å². The van der Waals surface area contributed by atoms with Crippen LogP contribution in [0.4, 0.5) is 5.69 Å². The molecule has 1 N–H and O–H groups in total. The van der Waals surface area contributed by atoms with Gasteiger partial charge >= 0.3 is 0 Å². The zero-order chi connectivity index (χ0) is 24.4. The second-order valence-electron chi connectivity index (χ2n) is 8.12. The Morgan fingerprint density at radius 2 is 1.64 bits per heavy atom. The summed E-state index contributed by atoms with van der Waals surface area (Å²) in [4.78, 5) is 27.2. The summed E-state index contributed by atoms with van der Waals surface area (Å²) in [5, 5.41) is 2.78. The number of hydrogen-bond acceptors (Lipinski definition) is 4. The van der Waals surface area contributed by atoms with Gasteiger partial charge in [-0.25, -0.2) is 8.42 Å². The summed E-state index contributed by atoms with van der Waals surface area (Å²) in [6, 6.07) is 16.5. The Hall–Kier alpha value is -2.87. The highest BCUT2D eigenvalue weighted by molar-refractivity contribution is 7.92. The maximum Gasteiger partial charge on any atom is 0.242 e. The number of carbonyl (C=O) groups is 2. The molecule has 0 unspecified atom stereocenters. The fraction of sp³-hybridized carbons (Fsp3) is 0.440. The van der Waals surface area contributed by atoms with Gasteiger partial charge in [0.2, 0.25) is 21.8 Å². The van der Waals surface area contributed by atoms with Crippen molar-refractivity contribution in [2.45, 2.75) is 46.1 Å². The van der Waals surface area contributed by atoms with Crippen molar-refractivity contribution in [1.82, 2.24) is 10.2 Å². The summed E-state index contributed by atoms with van der Waals surface area (Å²) in [6.45, 7) is 6.52. The van der Waals surface area contributed by atoms with E-state index in [1.54, 1.807) is 24.0 Å². The van der Waals surface area contributed by atoms with E-state index in [1.165, 1.54) is 10.6 Å². The van der Waals surface area contributed by atoms with Gasteiger partial charge in [0.1, 0.15) is 6.04 Å². The van der Waals surface area contributed by atoms with Crippen LogP contribution in [0.1, 0.15) is 37.8 Å². The molecule has 2 aromatic carbocycles. The van der Waals surface area contributed by atoms with Crippen LogP contribution in [0, 0.1) is 6.92 Å². The average molecular weight is 474 g/mol. The van der Waals surface area contributed by atoms with Gasteiger partial charge in [0.05, 0.1) is 11.9 Å². The predicted octanol–water partition coefficient (Wildman–Crippen LogP) is 3.14. The van der Waals surface area contributed by atoms with Gasteiger partial charge in [0, 0.05) is 26.1 Å². The molecule has 0 aliphatic carbocycles. The lowest BCUT2D eigenvalue weighted by atomic mass is 10.1. The van der Waals surface area contributed by atoms with Crippen molar-refractivity contribution in [2.75, 3.05) is 30.2 Å². The van der Waals surface area contributed by atoms with Crippen molar-refractivity contribution in [3.05, 3.63) is 65.7 Å². The van der Waals surface area contributed by atoms with Crippen molar-refractivity contribution >= 4 is 27.5 Å². The van der Waals surface area contributed by atoms with Crippen molar-refractivity contribution in [1.29, 1.82) is 0 Å². The number of nitrogens with zero attached hydrogens (tertiary/aromatic N) is 2. The zero-order valence-corrected chi connectivity index (χ0v) is 20.8. The van der Waals surface area contributed by atoms with E-state index in [0.717, 1.165) is 11.1 Å². The van der Waals surface area contributed by atoms with Crippen LogP contribution in [0.25, 0.3) is 0 Å². The van der Waals surface area contributed by atoms with Crippen molar-refractivity contribution < 1.29 is 18.0 Å². The third-order valence-electron chi connectivity index (χ3n) is 5.54. The number of sulfonamides is 1. The predicted molar refractivity (Wildman–Crippen MR) is 133 cm³/mol. The zero-order valence-electron chi connectivity index (χ0n) is 20.0. The van der Waals surface area contributed by atoms with Crippen LogP contribution in [-0.4, -0.2) is 57.1 Å². The summed E-state index contributed by atoms with van der Waals surface area (Å²) in [7, 11) is -3.50. The second kappa shape index (κ2) is 12.4. The average Bonchev–Trinajstić information content (AvgIpc) is 2.77. The molecule has 0 heterocycles. The summed E-state index contributed by atoms with van der Waals surface area (Å²) < 4.78 is 26.1. The standard InChI is InChI=1S/C25H35N3O4S/c1-5-26-25(30)21(3)27(19-17-22-13-7-6-8-14-22)24(29)16-11-18-28(33(4,31)32)23-15-10-9-12-20(23)2/h6-10,12-15,21H,5,11,16-19H2,1-4H3,(H,26,30)/t21-/m0/s1. The first-order valence-electron chi connectivity index (χ1n) is 11.3. The van der Waals surface area contributed by atoms with Gasteiger partial charge in [-0.2, -0.15) is 0 Å². The van der Waals surface area contributed by atoms with E-state index in [0.29, 0.717) is 31.6 Å². The largest absolute Gasteiger partial charge is 0.355 e. The number of para-hydroxylation sites is 1. The molecule has 0 radical (unpaired) electrons. The van der Waals surface area contributed by atoms with Gasteiger partial charge in [-0.1, -0.05) is 48.5 Å². The lowest BCUT2D eigenvalue weighted by molar-refractivity contribution is -0.139. The van der Waals surface area contributed by atoms with Gasteiger partial charge in [0.25, 0.3) is 0 Å². The van der Waals surface area contributed by atoms with Gasteiger partial charge in [0.15, 0.2) is 0 Å². The van der Waals surface area contributed by atoms with E-state index in [-0.39, 0.29) is 24.8 Å². The highest BCUT2D eigenvalue weighted by atomic mass is 32.2. The lowest BCUT2D eigenvalue weighted by Gasteiger charge is -2.29. The van der Waals surface area contributed by atoms with Crippen LogP contribution in [0.5, 0.6) is 0 Å². The first-order valence-corrected chi connectivity index (χ1v) is 13.1. The smallest absolute Gasteiger partial charge is 0.242 e. The third-order valence-corrected chi connectivity index (χ3v) is 6.72. The maximum atomic E-state index is 13.1. The lowest BCUT2D eigenvalue weighted by Crippen LogP contribution is -2.48. The first-order chi connectivity index (χ1) is 15.6. The van der Waals surface area contributed by atoms with Crippen molar-refractivity contribution in [3.63, 3.8) is 0 Å². The van der Waals surface area contributed by atoms with E-state index >= 15 is 0 Å². The Labute approximate surface area is 197 Å². The number of carbonyl (C=O) groups excluding carboxylic acids is 2. The molecule has 2 rings (SSSR count). The quantitative estimate of drug-likeness (QED) is 0.513. The normalized spacial score (nSPS) is 12.1. The molecule has 2 aromatic rings. The molecule has 2 amide bonds. The number of anilines is 1. The molecule has 0 saturated heterocycles. The van der Waals surface area contributed by atoms with Gasteiger partial charge in [-0.15, -0.1) is 0 Å². The number of benzene rings is 2. The molecule has 0 aliphatic heterocycles. The van der Waals surface area contributed by atoms with Crippen LogP contribution in [-0.2, 0) is 26.0 Å². The molecule has 0 aliphatic rings. The SMILES string of the molecule is CCNC(=O)[C@H](C)N(CCc1ccccc1)C(=O)CCCN(c1ccccc1C)S(C)(=O)=O. The minimum absolute atomic E-state index is 0.149. The second-order valence-corrected chi connectivity index (χ2v) is 10.0. The minimum atomic E-state index is -3.50. The highest BCUT2D eigenvalue weighted by Gasteiger charge is 2.26. The molecule has 0 saturated carbocycles. The topological polar surface area (TPSA) is 86.8 Å². The van der Waals surface area contributed by atoms with Crippen LogP contribution in [0.2, 0.25) is 0 Å². The number of rotatable bonds is 12. The Kier molecular flexibility index (Phi) is 9.91.